The first-order valence-electron chi connectivity index (χ1n) is 12.4. The van der Waals surface area contributed by atoms with Crippen molar-refractivity contribution >= 4 is 39.1 Å². The number of aryl methyl sites for hydroxylation is 3. The Morgan fingerprint density at radius 1 is 0.895 bits per heavy atom. The van der Waals surface area contributed by atoms with Crippen LogP contribution in [0.25, 0.3) is 0 Å². The molecule has 1 atom stereocenters. The van der Waals surface area contributed by atoms with Gasteiger partial charge in [0.25, 0.3) is 10.0 Å². The fraction of sp³-hybridized carbons (Fsp3) is 0.310. The van der Waals surface area contributed by atoms with E-state index in [9.17, 15) is 18.0 Å². The molecule has 7 nitrogen and oxygen atoms in total. The molecule has 0 radical (unpaired) electrons. The summed E-state index contributed by atoms with van der Waals surface area (Å²) < 4.78 is 28.9. The Labute approximate surface area is 230 Å². The highest BCUT2D eigenvalue weighted by Gasteiger charge is 2.32. The summed E-state index contributed by atoms with van der Waals surface area (Å²) in [5.74, 6) is -0.831. The number of nitrogens with zero attached hydrogens (tertiary/aromatic N) is 2. The molecule has 0 saturated heterocycles. The lowest BCUT2D eigenvalue weighted by molar-refractivity contribution is -0.139. The van der Waals surface area contributed by atoms with Crippen LogP contribution in [-0.4, -0.2) is 44.3 Å². The van der Waals surface area contributed by atoms with Gasteiger partial charge < -0.3 is 10.2 Å². The zero-order chi connectivity index (χ0) is 28.0. The van der Waals surface area contributed by atoms with Crippen molar-refractivity contribution in [2.24, 2.45) is 0 Å². The first-order valence-corrected chi connectivity index (χ1v) is 14.2. The maximum atomic E-state index is 13.9. The van der Waals surface area contributed by atoms with Crippen LogP contribution in [0.1, 0.15) is 36.1 Å². The SMILES string of the molecule is CCNC(=O)C(C)N(Cc1ccc(Cl)cc1)C(=O)CN(c1cc(C)cc(C)c1)S(=O)(=O)c1ccc(C)cc1. The van der Waals surface area contributed by atoms with E-state index in [0.29, 0.717) is 17.3 Å². The molecule has 202 valence electrons. The minimum absolute atomic E-state index is 0.0797. The fourth-order valence-electron chi connectivity index (χ4n) is 4.15. The number of carbonyl (C=O) groups excluding carboxylic acids is 2. The Kier molecular flexibility index (Phi) is 9.57. The maximum absolute atomic E-state index is 13.9. The molecule has 0 aromatic heterocycles. The fourth-order valence-corrected chi connectivity index (χ4v) is 5.68. The molecule has 0 aliphatic carbocycles. The van der Waals surface area contributed by atoms with Gasteiger partial charge in [0.05, 0.1) is 10.6 Å². The van der Waals surface area contributed by atoms with Gasteiger partial charge in [0.2, 0.25) is 11.8 Å². The van der Waals surface area contributed by atoms with Crippen LogP contribution < -0.4 is 9.62 Å². The molecular weight excluding hydrogens is 522 g/mol. The summed E-state index contributed by atoms with van der Waals surface area (Å²) in [5.41, 5.74) is 3.80. The third-order valence-corrected chi connectivity index (χ3v) is 8.21. The van der Waals surface area contributed by atoms with Crippen LogP contribution in [0.2, 0.25) is 5.02 Å². The normalized spacial score (nSPS) is 12.1. The van der Waals surface area contributed by atoms with E-state index in [4.69, 9.17) is 11.6 Å². The third kappa shape index (κ3) is 7.14. The van der Waals surface area contributed by atoms with Gasteiger partial charge in [-0.05, 0) is 87.7 Å². The van der Waals surface area contributed by atoms with Gasteiger partial charge in [-0.2, -0.15) is 0 Å². The first kappa shape index (κ1) is 29.2. The van der Waals surface area contributed by atoms with Crippen LogP contribution in [0, 0.1) is 20.8 Å². The molecule has 0 spiro atoms. The van der Waals surface area contributed by atoms with Gasteiger partial charge in [0.1, 0.15) is 12.6 Å². The average Bonchev–Trinajstić information content (AvgIpc) is 2.86. The van der Waals surface area contributed by atoms with Crippen LogP contribution in [0.5, 0.6) is 0 Å². The number of benzene rings is 3. The van der Waals surface area contributed by atoms with Gasteiger partial charge in [0.15, 0.2) is 0 Å². The number of halogens is 1. The van der Waals surface area contributed by atoms with E-state index in [0.717, 1.165) is 26.6 Å². The molecule has 1 unspecified atom stereocenters. The van der Waals surface area contributed by atoms with E-state index in [2.05, 4.69) is 5.32 Å². The summed E-state index contributed by atoms with van der Waals surface area (Å²) >= 11 is 6.03. The minimum atomic E-state index is -4.10. The molecule has 0 fully saturated rings. The molecular formula is C29H34ClN3O4S. The van der Waals surface area contributed by atoms with Crippen LogP contribution in [0.4, 0.5) is 5.69 Å². The van der Waals surface area contributed by atoms with Crippen LogP contribution in [0.3, 0.4) is 0 Å². The summed E-state index contributed by atoms with van der Waals surface area (Å²) in [5, 5.41) is 3.30. The van der Waals surface area contributed by atoms with Crippen LogP contribution >= 0.6 is 11.6 Å². The third-order valence-electron chi connectivity index (χ3n) is 6.17. The topological polar surface area (TPSA) is 86.8 Å². The zero-order valence-corrected chi connectivity index (χ0v) is 23.9. The lowest BCUT2D eigenvalue weighted by Crippen LogP contribution is -2.51. The van der Waals surface area contributed by atoms with Crippen LogP contribution in [0.15, 0.2) is 71.6 Å². The van der Waals surface area contributed by atoms with E-state index < -0.39 is 28.5 Å². The van der Waals surface area contributed by atoms with Gasteiger partial charge in [-0.25, -0.2) is 8.42 Å². The summed E-state index contributed by atoms with van der Waals surface area (Å²) in [7, 11) is -4.10. The summed E-state index contributed by atoms with van der Waals surface area (Å²) in [6.07, 6.45) is 0. The van der Waals surface area contributed by atoms with Crippen LogP contribution in [-0.2, 0) is 26.2 Å². The monoisotopic (exact) mass is 555 g/mol. The van der Waals surface area contributed by atoms with Crippen molar-refractivity contribution in [3.8, 4) is 0 Å². The Morgan fingerprint density at radius 3 is 2.03 bits per heavy atom. The summed E-state index contributed by atoms with van der Waals surface area (Å²) in [6.45, 7) is 9.09. The van der Waals surface area contributed by atoms with E-state index in [1.165, 1.54) is 17.0 Å². The van der Waals surface area contributed by atoms with Crippen molar-refractivity contribution in [1.82, 2.24) is 10.2 Å². The number of likely N-dealkylation sites (N-methyl/N-ethyl adjacent to an activating group) is 1. The average molecular weight is 556 g/mol. The van der Waals surface area contributed by atoms with Gasteiger partial charge in [-0.15, -0.1) is 0 Å². The second-order valence-electron chi connectivity index (χ2n) is 9.39. The highest BCUT2D eigenvalue weighted by molar-refractivity contribution is 7.92. The largest absolute Gasteiger partial charge is 0.355 e. The molecule has 1 N–H and O–H groups in total. The quantitative estimate of drug-likeness (QED) is 0.381. The van der Waals surface area contributed by atoms with E-state index in [1.807, 2.05) is 26.8 Å². The smallest absolute Gasteiger partial charge is 0.264 e. The van der Waals surface area contributed by atoms with Gasteiger partial charge in [-0.1, -0.05) is 47.5 Å². The lowest BCUT2D eigenvalue weighted by atomic mass is 10.1. The molecule has 0 heterocycles. The van der Waals surface area contributed by atoms with E-state index >= 15 is 0 Å². The summed E-state index contributed by atoms with van der Waals surface area (Å²) in [6, 6.07) is 18.1. The number of sulfonamides is 1. The molecule has 38 heavy (non-hydrogen) atoms. The molecule has 0 bridgehead atoms. The Balaban J connectivity index is 2.06. The van der Waals surface area contributed by atoms with Crippen molar-refractivity contribution in [3.05, 3.63) is 94.0 Å². The standard InChI is InChI=1S/C29H34ClN3O4S/c1-6-31-29(35)23(5)32(18-24-9-11-25(30)12-10-24)28(34)19-33(26-16-21(3)15-22(4)17-26)38(36,37)27-13-7-20(2)8-14-27/h7-17,23H,6,18-19H2,1-5H3,(H,31,35). The number of carbonyl (C=O) groups is 2. The highest BCUT2D eigenvalue weighted by atomic mass is 35.5. The van der Waals surface area contributed by atoms with Gasteiger partial charge in [-0.3, -0.25) is 13.9 Å². The molecule has 3 aromatic carbocycles. The van der Waals surface area contributed by atoms with Crippen molar-refractivity contribution in [2.45, 2.75) is 52.1 Å². The Bertz CT molecular complexity index is 1370. The van der Waals surface area contributed by atoms with Gasteiger partial charge in [0, 0.05) is 18.1 Å². The van der Waals surface area contributed by atoms with Crippen molar-refractivity contribution in [3.63, 3.8) is 0 Å². The molecule has 2 amide bonds. The Morgan fingerprint density at radius 2 is 1.47 bits per heavy atom. The zero-order valence-electron chi connectivity index (χ0n) is 22.4. The second-order valence-corrected chi connectivity index (χ2v) is 11.7. The highest BCUT2D eigenvalue weighted by Crippen LogP contribution is 2.27. The number of nitrogens with one attached hydrogen (secondary N) is 1. The van der Waals surface area contributed by atoms with Crippen molar-refractivity contribution < 1.29 is 18.0 Å². The molecule has 0 saturated carbocycles. The number of hydrogen-bond acceptors (Lipinski definition) is 4. The molecule has 3 aromatic rings. The van der Waals surface area contributed by atoms with E-state index in [-0.39, 0.29) is 17.3 Å². The molecule has 0 aliphatic rings. The maximum Gasteiger partial charge on any atom is 0.264 e. The molecule has 3 rings (SSSR count). The summed E-state index contributed by atoms with van der Waals surface area (Å²) in [4.78, 5) is 28.1. The number of amides is 2. The predicted molar refractivity (Wildman–Crippen MR) is 152 cm³/mol. The predicted octanol–water partition coefficient (Wildman–Crippen LogP) is 5.01. The molecule has 9 heteroatoms. The second kappa shape index (κ2) is 12.5. The number of anilines is 1. The van der Waals surface area contributed by atoms with Crippen molar-refractivity contribution in [2.75, 3.05) is 17.4 Å². The molecule has 0 aliphatic heterocycles. The van der Waals surface area contributed by atoms with Gasteiger partial charge >= 0.3 is 0 Å². The van der Waals surface area contributed by atoms with Crippen molar-refractivity contribution in [1.29, 1.82) is 0 Å². The lowest BCUT2D eigenvalue weighted by Gasteiger charge is -2.32. The Hall–Kier alpha value is -3.36. The minimum Gasteiger partial charge on any atom is -0.355 e. The number of rotatable bonds is 10. The van der Waals surface area contributed by atoms with E-state index in [1.54, 1.807) is 62.4 Å². The number of hydrogen-bond donors (Lipinski definition) is 1. The first-order chi connectivity index (χ1) is 17.9.